The molecule has 290 valence electrons. The highest BCUT2D eigenvalue weighted by Gasteiger charge is 2.26. The van der Waals surface area contributed by atoms with E-state index in [2.05, 4.69) is 197 Å². The maximum absolute atomic E-state index is 5.34. The summed E-state index contributed by atoms with van der Waals surface area (Å²) in [7, 11) is 0. The minimum atomic E-state index is 0.556. The fourth-order valence-electron chi connectivity index (χ4n) is 9.20. The van der Waals surface area contributed by atoms with Gasteiger partial charge in [0.05, 0.1) is 27.8 Å². The maximum Gasteiger partial charge on any atom is 0.238 e. The van der Waals surface area contributed by atoms with E-state index in [0.29, 0.717) is 17.6 Å². The first kappa shape index (κ1) is 35.5. The molecule has 0 saturated carbocycles. The average molecular weight is 792 g/mol. The summed E-state index contributed by atoms with van der Waals surface area (Å²) in [5, 5.41) is 4.55. The van der Waals surface area contributed by atoms with Gasteiger partial charge in [0.25, 0.3) is 0 Å². The second kappa shape index (κ2) is 14.7. The molecule has 3 heterocycles. The number of nitrogens with zero attached hydrogens (tertiary/aromatic N) is 5. The maximum atomic E-state index is 5.34. The minimum absolute atomic E-state index is 0.556. The van der Waals surface area contributed by atoms with E-state index in [4.69, 9.17) is 15.0 Å². The van der Waals surface area contributed by atoms with E-state index in [0.717, 1.165) is 77.3 Å². The van der Waals surface area contributed by atoms with Crippen molar-refractivity contribution in [3.63, 3.8) is 0 Å². The smallest absolute Gasteiger partial charge is 0.238 e. The summed E-state index contributed by atoms with van der Waals surface area (Å²) in [5.41, 5.74) is 14.1. The van der Waals surface area contributed by atoms with Crippen LogP contribution in [0, 0.1) is 0 Å². The van der Waals surface area contributed by atoms with Crippen LogP contribution in [0.25, 0.3) is 111 Å². The molecule has 0 atom stereocenters. The number of hydrogen-bond donors (Lipinski definition) is 0. The van der Waals surface area contributed by atoms with E-state index in [9.17, 15) is 0 Å². The molecule has 0 saturated heterocycles. The lowest BCUT2D eigenvalue weighted by molar-refractivity contribution is 0.953. The van der Waals surface area contributed by atoms with Gasteiger partial charge >= 0.3 is 0 Å². The third kappa shape index (κ3) is 5.82. The van der Waals surface area contributed by atoms with Crippen LogP contribution in [-0.2, 0) is 0 Å². The molecule has 3 aromatic heterocycles. The van der Waals surface area contributed by atoms with Crippen molar-refractivity contribution in [2.45, 2.75) is 0 Å². The van der Waals surface area contributed by atoms with Crippen LogP contribution in [0.2, 0.25) is 0 Å². The summed E-state index contributed by atoms with van der Waals surface area (Å²) in [6, 6.07) is 79.4. The normalized spacial score (nSPS) is 11.5. The molecule has 0 amide bonds. The first-order valence-corrected chi connectivity index (χ1v) is 21.0. The predicted octanol–water partition coefficient (Wildman–Crippen LogP) is 14.4. The van der Waals surface area contributed by atoms with Crippen molar-refractivity contribution >= 4 is 43.6 Å². The summed E-state index contributed by atoms with van der Waals surface area (Å²) in [5.74, 6) is 1.78. The number of benzene rings is 9. The van der Waals surface area contributed by atoms with Crippen molar-refractivity contribution in [1.82, 2.24) is 24.1 Å². The zero-order valence-corrected chi connectivity index (χ0v) is 33.6. The number of rotatable bonds is 7. The predicted molar refractivity (Wildman–Crippen MR) is 256 cm³/mol. The number of para-hydroxylation sites is 3. The van der Waals surface area contributed by atoms with Crippen molar-refractivity contribution in [3.8, 4) is 67.8 Å². The molecule has 0 bridgehead atoms. The highest BCUT2D eigenvalue weighted by atomic mass is 15.2. The van der Waals surface area contributed by atoms with Gasteiger partial charge in [-0.15, -0.1) is 0 Å². The number of hydrogen-bond acceptors (Lipinski definition) is 3. The van der Waals surface area contributed by atoms with Gasteiger partial charge in [0.2, 0.25) is 5.95 Å². The molecule has 0 aliphatic carbocycles. The first-order chi connectivity index (χ1) is 30.8. The van der Waals surface area contributed by atoms with E-state index in [1.54, 1.807) is 0 Å². The van der Waals surface area contributed by atoms with Crippen LogP contribution in [0.3, 0.4) is 0 Å². The van der Waals surface area contributed by atoms with Crippen molar-refractivity contribution in [2.24, 2.45) is 0 Å². The average Bonchev–Trinajstić information content (AvgIpc) is 3.88. The molecule has 62 heavy (non-hydrogen) atoms. The zero-order valence-electron chi connectivity index (χ0n) is 33.6. The van der Waals surface area contributed by atoms with Crippen molar-refractivity contribution in [1.29, 1.82) is 0 Å². The number of fused-ring (bicyclic) bond motifs is 7. The van der Waals surface area contributed by atoms with Crippen LogP contribution in [-0.4, -0.2) is 24.1 Å². The van der Waals surface area contributed by atoms with E-state index >= 15 is 0 Å². The fraction of sp³-hybridized carbons (Fsp3) is 0. The lowest BCUT2D eigenvalue weighted by Gasteiger charge is -2.20. The van der Waals surface area contributed by atoms with Crippen molar-refractivity contribution in [3.05, 3.63) is 224 Å². The Morgan fingerprint density at radius 1 is 0.274 bits per heavy atom. The Morgan fingerprint density at radius 3 is 1.27 bits per heavy atom. The second-order valence-corrected chi connectivity index (χ2v) is 15.6. The van der Waals surface area contributed by atoms with Crippen LogP contribution >= 0.6 is 0 Å². The molecule has 0 unspecified atom stereocenters. The molecule has 12 rings (SSSR count). The van der Waals surface area contributed by atoms with Gasteiger partial charge in [0, 0.05) is 43.8 Å². The van der Waals surface area contributed by atoms with E-state index in [1.165, 1.54) is 16.5 Å². The van der Waals surface area contributed by atoms with E-state index in [-0.39, 0.29) is 0 Å². The van der Waals surface area contributed by atoms with Gasteiger partial charge in [0.15, 0.2) is 11.6 Å². The molecule has 0 fully saturated rings. The molecule has 0 spiro atoms. The monoisotopic (exact) mass is 791 g/mol. The van der Waals surface area contributed by atoms with Gasteiger partial charge in [-0.2, -0.15) is 9.97 Å². The standard InChI is InChI=1S/C57H37N5/c1-5-19-38(20-6-1)42-27-17-28-43(37-42)45-32-18-31-44(39-21-7-2-8-22-39)52(45)61-50-33-15-13-29-46(50)48-35-36-49-47-30-14-16-34-51(47)62(54(49)53(48)61)57-59-55(40-23-9-3-10-24-40)58-56(60-57)41-25-11-4-12-26-41/h1-37H. The molecule has 0 aliphatic rings. The molecule has 5 nitrogen and oxygen atoms in total. The fourth-order valence-corrected chi connectivity index (χ4v) is 9.20. The molecule has 0 N–H and O–H groups in total. The molecule has 0 radical (unpaired) electrons. The SMILES string of the molecule is c1ccc(-c2cccc(-c3cccc(-c4ccccc4)c3-n3c4ccccc4c4ccc5c6ccccc6n(-c6nc(-c7ccccc7)nc(-c7ccccc7)n6)c5c43)c2)cc1. The quantitative estimate of drug-likeness (QED) is 0.162. The van der Waals surface area contributed by atoms with Crippen molar-refractivity contribution in [2.75, 3.05) is 0 Å². The van der Waals surface area contributed by atoms with Crippen LogP contribution in [0.1, 0.15) is 0 Å². The van der Waals surface area contributed by atoms with Gasteiger partial charge in [-0.05, 0) is 40.5 Å². The van der Waals surface area contributed by atoms with E-state index in [1.807, 2.05) is 36.4 Å². The van der Waals surface area contributed by atoms with Crippen LogP contribution in [0.5, 0.6) is 0 Å². The molecular weight excluding hydrogens is 755 g/mol. The highest BCUT2D eigenvalue weighted by molar-refractivity contribution is 6.24. The van der Waals surface area contributed by atoms with Crippen LogP contribution < -0.4 is 0 Å². The van der Waals surface area contributed by atoms with Crippen LogP contribution in [0.4, 0.5) is 0 Å². The molecule has 12 aromatic rings. The molecular formula is C57H37N5. The van der Waals surface area contributed by atoms with Gasteiger partial charge in [-0.1, -0.05) is 206 Å². The Balaban J connectivity index is 1.25. The minimum Gasteiger partial charge on any atom is -0.306 e. The lowest BCUT2D eigenvalue weighted by atomic mass is 9.93. The Bertz CT molecular complexity index is 3550. The number of aromatic nitrogens is 5. The Kier molecular flexibility index (Phi) is 8.42. The van der Waals surface area contributed by atoms with Gasteiger partial charge in [0.1, 0.15) is 0 Å². The molecule has 9 aromatic carbocycles. The van der Waals surface area contributed by atoms with Gasteiger partial charge in [-0.25, -0.2) is 4.98 Å². The second-order valence-electron chi connectivity index (χ2n) is 15.6. The van der Waals surface area contributed by atoms with Crippen molar-refractivity contribution < 1.29 is 0 Å². The summed E-state index contributed by atoms with van der Waals surface area (Å²) in [6.07, 6.45) is 0. The summed E-state index contributed by atoms with van der Waals surface area (Å²) >= 11 is 0. The molecule has 5 heteroatoms. The largest absolute Gasteiger partial charge is 0.306 e. The molecule has 0 aliphatic heterocycles. The summed E-state index contributed by atoms with van der Waals surface area (Å²) < 4.78 is 4.77. The first-order valence-electron chi connectivity index (χ1n) is 21.0. The highest BCUT2D eigenvalue weighted by Crippen LogP contribution is 2.46. The third-order valence-corrected chi connectivity index (χ3v) is 12.0. The topological polar surface area (TPSA) is 48.5 Å². The third-order valence-electron chi connectivity index (χ3n) is 12.0. The van der Waals surface area contributed by atoms with Gasteiger partial charge in [-0.3, -0.25) is 4.57 Å². The van der Waals surface area contributed by atoms with Gasteiger partial charge < -0.3 is 4.57 Å². The zero-order chi connectivity index (χ0) is 41.0. The van der Waals surface area contributed by atoms with E-state index < -0.39 is 0 Å². The Labute approximate surface area is 358 Å². The van der Waals surface area contributed by atoms with Crippen LogP contribution in [0.15, 0.2) is 224 Å². The Morgan fingerprint density at radius 2 is 0.694 bits per heavy atom. The summed E-state index contributed by atoms with van der Waals surface area (Å²) in [6.45, 7) is 0. The Hall–Kier alpha value is -8.41. The summed E-state index contributed by atoms with van der Waals surface area (Å²) in [4.78, 5) is 15.8. The lowest BCUT2D eigenvalue weighted by Crippen LogP contribution is -2.07.